The van der Waals surface area contributed by atoms with Gasteiger partial charge in [0.2, 0.25) is 0 Å². The van der Waals surface area contributed by atoms with Crippen LogP contribution in [-0.2, 0) is 14.3 Å². The highest BCUT2D eigenvalue weighted by atomic mass is 32.2. The first kappa shape index (κ1) is 13.3. The van der Waals surface area contributed by atoms with Crippen molar-refractivity contribution in [3.05, 3.63) is 29.8 Å². The fourth-order valence-corrected chi connectivity index (χ4v) is 2.63. The zero-order valence-electron chi connectivity index (χ0n) is 10.2. The second-order valence-electron chi connectivity index (χ2n) is 4.45. The molecule has 2 unspecified atom stereocenters. The highest BCUT2D eigenvalue weighted by molar-refractivity contribution is 7.85. The molecule has 0 saturated carbocycles. The second-order valence-corrected chi connectivity index (χ2v) is 6.10. The van der Waals surface area contributed by atoms with E-state index in [2.05, 4.69) is 9.50 Å². The van der Waals surface area contributed by atoms with Gasteiger partial charge < -0.3 is 10.4 Å². The van der Waals surface area contributed by atoms with Crippen molar-refractivity contribution < 1.29 is 17.7 Å². The van der Waals surface area contributed by atoms with E-state index in [0.717, 1.165) is 17.5 Å². The first-order valence-electron chi connectivity index (χ1n) is 5.85. The average molecular weight is 271 g/mol. The van der Waals surface area contributed by atoms with Crippen molar-refractivity contribution in [3.8, 4) is 0 Å². The van der Waals surface area contributed by atoms with Crippen molar-refractivity contribution in [1.29, 1.82) is 0 Å². The van der Waals surface area contributed by atoms with Gasteiger partial charge in [0.1, 0.15) is 6.23 Å². The van der Waals surface area contributed by atoms with Crippen molar-refractivity contribution in [2.24, 2.45) is 0 Å². The highest BCUT2D eigenvalue weighted by Gasteiger charge is 2.29. The van der Waals surface area contributed by atoms with E-state index in [1.165, 1.54) is 0 Å². The van der Waals surface area contributed by atoms with Crippen LogP contribution < -0.4 is 5.32 Å². The summed E-state index contributed by atoms with van der Waals surface area (Å²) in [5.41, 5.74) is 2.02. The molecule has 2 N–H and O–H groups in total. The first-order valence-corrected chi connectivity index (χ1v) is 7.67. The predicted molar refractivity (Wildman–Crippen MR) is 68.8 cm³/mol. The zero-order chi connectivity index (χ0) is 13.2. The van der Waals surface area contributed by atoms with Crippen molar-refractivity contribution in [2.45, 2.75) is 25.0 Å². The van der Waals surface area contributed by atoms with E-state index in [0.29, 0.717) is 12.8 Å². The Bertz CT molecular complexity index is 515. The van der Waals surface area contributed by atoms with Crippen molar-refractivity contribution in [1.82, 2.24) is 0 Å². The van der Waals surface area contributed by atoms with Crippen molar-refractivity contribution in [2.75, 3.05) is 18.2 Å². The lowest BCUT2D eigenvalue weighted by atomic mass is 9.95. The number of benzene rings is 1. The fraction of sp³-hybridized carbons (Fsp3) is 0.500. The number of fused-ring (bicyclic) bond motifs is 1. The van der Waals surface area contributed by atoms with Gasteiger partial charge in [-0.2, -0.15) is 8.42 Å². The highest BCUT2D eigenvalue weighted by Crippen LogP contribution is 2.37. The lowest BCUT2D eigenvalue weighted by molar-refractivity contribution is 0.170. The number of aliphatic hydroxyl groups is 1. The molecule has 0 saturated heterocycles. The number of para-hydroxylation sites is 1. The zero-order valence-corrected chi connectivity index (χ0v) is 11.0. The molecule has 1 aliphatic heterocycles. The largest absolute Gasteiger partial charge is 0.373 e. The molecule has 1 heterocycles. The van der Waals surface area contributed by atoms with Crippen LogP contribution in [0.3, 0.4) is 0 Å². The Morgan fingerprint density at radius 1 is 1.39 bits per heavy atom. The van der Waals surface area contributed by atoms with Crippen molar-refractivity contribution >= 4 is 15.8 Å². The van der Waals surface area contributed by atoms with Gasteiger partial charge in [-0.25, -0.2) is 0 Å². The monoisotopic (exact) mass is 271 g/mol. The summed E-state index contributed by atoms with van der Waals surface area (Å²) in [5.74, 6) is -0.00985. The maximum Gasteiger partial charge on any atom is 0.264 e. The maximum atomic E-state index is 10.8. The Kier molecular flexibility index (Phi) is 3.89. The summed E-state index contributed by atoms with van der Waals surface area (Å²) < 4.78 is 26.3. The molecule has 1 aliphatic rings. The Balaban J connectivity index is 1.90. The molecular weight excluding hydrogens is 254 g/mol. The summed E-state index contributed by atoms with van der Waals surface area (Å²) in [5, 5.41) is 12.9. The number of rotatable bonds is 5. The van der Waals surface area contributed by atoms with Gasteiger partial charge in [0.25, 0.3) is 10.1 Å². The van der Waals surface area contributed by atoms with Gasteiger partial charge in [0.15, 0.2) is 0 Å². The minimum atomic E-state index is -3.37. The molecule has 100 valence electrons. The Labute approximate surface area is 107 Å². The lowest BCUT2D eigenvalue weighted by Gasteiger charge is -2.14. The molecule has 5 nitrogen and oxygen atoms in total. The van der Waals surface area contributed by atoms with E-state index in [1.807, 2.05) is 24.3 Å². The van der Waals surface area contributed by atoms with Gasteiger partial charge in [0, 0.05) is 11.6 Å². The van der Waals surface area contributed by atoms with Crippen LogP contribution in [-0.4, -0.2) is 32.6 Å². The summed E-state index contributed by atoms with van der Waals surface area (Å²) >= 11 is 0. The second kappa shape index (κ2) is 5.26. The summed E-state index contributed by atoms with van der Waals surface area (Å²) in [6.07, 6.45) is 1.69. The van der Waals surface area contributed by atoms with Gasteiger partial charge in [-0.1, -0.05) is 18.2 Å². The third kappa shape index (κ3) is 3.22. The molecule has 0 radical (unpaired) electrons. The topological polar surface area (TPSA) is 75.6 Å². The molecule has 0 fully saturated rings. The van der Waals surface area contributed by atoms with Crippen LogP contribution in [0.1, 0.15) is 24.3 Å². The van der Waals surface area contributed by atoms with Crippen molar-refractivity contribution in [3.63, 3.8) is 0 Å². The summed E-state index contributed by atoms with van der Waals surface area (Å²) in [7, 11) is -3.37. The van der Waals surface area contributed by atoms with E-state index in [4.69, 9.17) is 0 Å². The fourth-order valence-electron chi connectivity index (χ4n) is 2.21. The van der Waals surface area contributed by atoms with Crippen LogP contribution in [0.4, 0.5) is 5.69 Å². The van der Waals surface area contributed by atoms with E-state index in [-0.39, 0.29) is 12.5 Å². The first-order chi connectivity index (χ1) is 8.47. The van der Waals surface area contributed by atoms with Gasteiger partial charge in [-0.3, -0.25) is 4.18 Å². The summed E-state index contributed by atoms with van der Waals surface area (Å²) in [6.45, 7) is 0.157. The lowest BCUT2D eigenvalue weighted by Crippen LogP contribution is -2.20. The van der Waals surface area contributed by atoms with E-state index >= 15 is 0 Å². The number of aliphatic hydroxyl groups excluding tert-OH is 1. The summed E-state index contributed by atoms with van der Waals surface area (Å²) in [6, 6.07) is 7.73. The minimum Gasteiger partial charge on any atom is -0.373 e. The third-order valence-electron chi connectivity index (χ3n) is 3.00. The summed E-state index contributed by atoms with van der Waals surface area (Å²) in [4.78, 5) is 0. The molecule has 0 amide bonds. The molecular formula is C12H17NO4S. The molecule has 2 atom stereocenters. The molecule has 1 aromatic carbocycles. The number of hydrogen-bond acceptors (Lipinski definition) is 5. The van der Waals surface area contributed by atoms with Crippen LogP contribution in [0.15, 0.2) is 24.3 Å². The molecule has 0 aliphatic carbocycles. The smallest absolute Gasteiger partial charge is 0.264 e. The molecule has 6 heteroatoms. The molecule has 1 aromatic rings. The number of hydrogen-bond donors (Lipinski definition) is 2. The molecule has 0 bridgehead atoms. The minimum absolute atomic E-state index is 0.00985. The molecule has 0 spiro atoms. The van der Waals surface area contributed by atoms with Crippen LogP contribution in [0, 0.1) is 0 Å². The molecule has 0 aromatic heterocycles. The molecule has 18 heavy (non-hydrogen) atoms. The van der Waals surface area contributed by atoms with Crippen LogP contribution in [0.2, 0.25) is 0 Å². The predicted octanol–water partition coefficient (Wildman–Crippen LogP) is 1.27. The Morgan fingerprint density at radius 2 is 2.11 bits per heavy atom. The van der Waals surface area contributed by atoms with Crippen LogP contribution in [0.25, 0.3) is 0 Å². The van der Waals surface area contributed by atoms with Gasteiger partial charge in [-0.05, 0) is 24.5 Å². The standard InChI is InChI=1S/C12H17NO4S/c1-18(15,16)17-8-4-6-10-9-5-2-3-7-11(9)13-12(10)14/h2-3,5,7,10,12-14H,4,6,8H2,1H3. The van der Waals surface area contributed by atoms with Crippen LogP contribution in [0.5, 0.6) is 0 Å². The number of anilines is 1. The quantitative estimate of drug-likeness (QED) is 0.623. The Morgan fingerprint density at radius 3 is 2.83 bits per heavy atom. The van der Waals surface area contributed by atoms with E-state index < -0.39 is 16.3 Å². The van der Waals surface area contributed by atoms with E-state index in [1.54, 1.807) is 0 Å². The molecule has 2 rings (SSSR count). The van der Waals surface area contributed by atoms with Crippen LogP contribution >= 0.6 is 0 Å². The Hall–Kier alpha value is -1.11. The average Bonchev–Trinajstić information content (AvgIpc) is 2.59. The van der Waals surface area contributed by atoms with E-state index in [9.17, 15) is 13.5 Å². The SMILES string of the molecule is CS(=O)(=O)OCCCC1c2ccccc2NC1O. The number of nitrogens with one attached hydrogen (secondary N) is 1. The van der Waals surface area contributed by atoms with Gasteiger partial charge in [-0.15, -0.1) is 0 Å². The maximum absolute atomic E-state index is 10.8. The normalized spacial score (nSPS) is 22.6. The van der Waals surface area contributed by atoms with Gasteiger partial charge >= 0.3 is 0 Å². The third-order valence-corrected chi connectivity index (χ3v) is 3.60. The van der Waals surface area contributed by atoms with Gasteiger partial charge in [0.05, 0.1) is 12.9 Å².